The Morgan fingerprint density at radius 2 is 1.77 bits per heavy atom. The third-order valence-corrected chi connectivity index (χ3v) is 3.77. The molecule has 0 spiro atoms. The average Bonchev–Trinajstić information content (AvgIpc) is 2.66. The van der Waals surface area contributed by atoms with Crippen LogP contribution in [0.25, 0.3) is 0 Å². The summed E-state index contributed by atoms with van der Waals surface area (Å²) in [5, 5.41) is 6.15. The Morgan fingerprint density at radius 1 is 1.00 bits per heavy atom. The van der Waals surface area contributed by atoms with Gasteiger partial charge in [-0.15, -0.1) is 0 Å². The van der Waals surface area contributed by atoms with Crippen molar-refractivity contribution in [1.82, 2.24) is 5.32 Å². The lowest BCUT2D eigenvalue weighted by molar-refractivity contribution is -0.116. The number of carbonyl (C=O) groups excluding carboxylic acids is 1. The average molecular weight is 358 g/mol. The number of hydrogen-bond acceptors (Lipinski definition) is 5. The molecule has 0 atom stereocenters. The number of para-hydroxylation sites is 2. The van der Waals surface area contributed by atoms with Crippen molar-refractivity contribution in [2.45, 2.75) is 19.9 Å². The minimum absolute atomic E-state index is 0.0584. The molecule has 0 fully saturated rings. The molecule has 0 aliphatic rings. The van der Waals surface area contributed by atoms with E-state index in [1.807, 2.05) is 49.4 Å². The van der Waals surface area contributed by atoms with Crippen LogP contribution in [0.2, 0.25) is 0 Å². The Kier molecular flexibility index (Phi) is 7.76. The van der Waals surface area contributed by atoms with E-state index in [2.05, 4.69) is 10.6 Å². The van der Waals surface area contributed by atoms with Crippen LogP contribution in [0.15, 0.2) is 42.5 Å². The molecule has 0 bridgehead atoms. The first-order valence-electron chi connectivity index (χ1n) is 8.61. The summed E-state index contributed by atoms with van der Waals surface area (Å²) in [4.78, 5) is 12.1. The minimum Gasteiger partial charge on any atom is -0.493 e. The van der Waals surface area contributed by atoms with Gasteiger partial charge in [-0.25, -0.2) is 0 Å². The van der Waals surface area contributed by atoms with Gasteiger partial charge in [0.1, 0.15) is 5.75 Å². The zero-order chi connectivity index (χ0) is 18.8. The maximum absolute atomic E-state index is 12.1. The van der Waals surface area contributed by atoms with Crippen LogP contribution in [-0.4, -0.2) is 33.3 Å². The first-order valence-corrected chi connectivity index (χ1v) is 8.61. The number of ether oxygens (including phenoxy) is 3. The van der Waals surface area contributed by atoms with Gasteiger partial charge in [-0.05, 0) is 36.8 Å². The van der Waals surface area contributed by atoms with E-state index < -0.39 is 0 Å². The van der Waals surface area contributed by atoms with Gasteiger partial charge in [0.05, 0.1) is 26.5 Å². The first kappa shape index (κ1) is 19.6. The number of rotatable bonds is 10. The molecule has 2 aromatic rings. The number of hydrogen-bond donors (Lipinski definition) is 2. The van der Waals surface area contributed by atoms with E-state index in [-0.39, 0.29) is 5.91 Å². The lowest BCUT2D eigenvalue weighted by atomic mass is 10.2. The van der Waals surface area contributed by atoms with Crippen molar-refractivity contribution in [2.24, 2.45) is 0 Å². The van der Waals surface area contributed by atoms with E-state index in [1.54, 1.807) is 14.2 Å². The molecule has 0 heterocycles. The van der Waals surface area contributed by atoms with Crippen LogP contribution in [0.3, 0.4) is 0 Å². The zero-order valence-electron chi connectivity index (χ0n) is 15.5. The molecule has 0 unspecified atom stereocenters. The fourth-order valence-corrected chi connectivity index (χ4v) is 2.49. The molecule has 2 N–H and O–H groups in total. The van der Waals surface area contributed by atoms with E-state index in [0.29, 0.717) is 49.1 Å². The molecule has 0 saturated heterocycles. The molecule has 0 saturated carbocycles. The summed E-state index contributed by atoms with van der Waals surface area (Å²) in [5.74, 6) is 2.01. The van der Waals surface area contributed by atoms with Crippen molar-refractivity contribution in [2.75, 3.05) is 32.7 Å². The summed E-state index contributed by atoms with van der Waals surface area (Å²) >= 11 is 0. The number of amides is 1. The smallest absolute Gasteiger partial charge is 0.225 e. The van der Waals surface area contributed by atoms with E-state index in [9.17, 15) is 4.79 Å². The molecular formula is C20H26N2O4. The fourth-order valence-electron chi connectivity index (χ4n) is 2.49. The number of carbonyl (C=O) groups is 1. The quantitative estimate of drug-likeness (QED) is 0.638. The van der Waals surface area contributed by atoms with Crippen LogP contribution in [0.5, 0.6) is 17.2 Å². The highest BCUT2D eigenvalue weighted by molar-refractivity contribution is 5.92. The van der Waals surface area contributed by atoms with Gasteiger partial charge in [0.15, 0.2) is 11.5 Å². The van der Waals surface area contributed by atoms with Crippen molar-refractivity contribution in [3.8, 4) is 17.2 Å². The molecule has 0 aliphatic carbocycles. The van der Waals surface area contributed by atoms with Gasteiger partial charge < -0.3 is 24.8 Å². The van der Waals surface area contributed by atoms with Gasteiger partial charge in [-0.1, -0.05) is 18.2 Å². The molecule has 2 aromatic carbocycles. The van der Waals surface area contributed by atoms with Crippen molar-refractivity contribution in [3.05, 3.63) is 48.0 Å². The summed E-state index contributed by atoms with van der Waals surface area (Å²) in [7, 11) is 3.22. The second-order valence-electron chi connectivity index (χ2n) is 5.59. The highest BCUT2D eigenvalue weighted by atomic mass is 16.5. The topological polar surface area (TPSA) is 68.8 Å². The first-order chi connectivity index (χ1) is 12.7. The molecule has 1 amide bonds. The minimum atomic E-state index is -0.0584. The SMILES string of the molecule is CCOc1ccccc1NC(=O)CCNCc1ccc(OC)c(OC)c1. The Balaban J connectivity index is 1.79. The number of methoxy groups -OCH3 is 2. The van der Waals surface area contributed by atoms with Gasteiger partial charge in [0.2, 0.25) is 5.91 Å². The second kappa shape index (κ2) is 10.3. The van der Waals surface area contributed by atoms with Crippen LogP contribution >= 0.6 is 0 Å². The second-order valence-corrected chi connectivity index (χ2v) is 5.59. The van der Waals surface area contributed by atoms with E-state index in [1.165, 1.54) is 0 Å². The molecule has 0 radical (unpaired) electrons. The van der Waals surface area contributed by atoms with Gasteiger partial charge in [0.25, 0.3) is 0 Å². The largest absolute Gasteiger partial charge is 0.493 e. The molecule has 0 aromatic heterocycles. The van der Waals surface area contributed by atoms with Crippen LogP contribution in [0.4, 0.5) is 5.69 Å². The summed E-state index contributed by atoms with van der Waals surface area (Å²) in [6, 6.07) is 13.2. The lowest BCUT2D eigenvalue weighted by Gasteiger charge is -2.12. The van der Waals surface area contributed by atoms with Crippen molar-refractivity contribution in [1.29, 1.82) is 0 Å². The highest BCUT2D eigenvalue weighted by Gasteiger charge is 2.08. The van der Waals surface area contributed by atoms with E-state index in [0.717, 1.165) is 5.56 Å². The lowest BCUT2D eigenvalue weighted by Crippen LogP contribution is -2.21. The molecular weight excluding hydrogens is 332 g/mol. The van der Waals surface area contributed by atoms with E-state index in [4.69, 9.17) is 14.2 Å². The summed E-state index contributed by atoms with van der Waals surface area (Å²) in [6.45, 7) is 3.68. The van der Waals surface area contributed by atoms with Gasteiger partial charge >= 0.3 is 0 Å². The Hall–Kier alpha value is -2.73. The van der Waals surface area contributed by atoms with Crippen LogP contribution in [0, 0.1) is 0 Å². The Bertz CT molecular complexity index is 719. The highest BCUT2D eigenvalue weighted by Crippen LogP contribution is 2.27. The van der Waals surface area contributed by atoms with Gasteiger partial charge in [-0.2, -0.15) is 0 Å². The zero-order valence-corrected chi connectivity index (χ0v) is 15.5. The summed E-state index contributed by atoms with van der Waals surface area (Å²) in [6.07, 6.45) is 0.369. The monoisotopic (exact) mass is 358 g/mol. The third kappa shape index (κ3) is 5.67. The van der Waals surface area contributed by atoms with Gasteiger partial charge in [-0.3, -0.25) is 4.79 Å². The summed E-state index contributed by atoms with van der Waals surface area (Å²) in [5.41, 5.74) is 1.75. The fraction of sp³-hybridized carbons (Fsp3) is 0.350. The number of anilines is 1. The van der Waals surface area contributed by atoms with Crippen LogP contribution < -0.4 is 24.8 Å². The molecule has 6 heteroatoms. The predicted molar refractivity (Wildman–Crippen MR) is 102 cm³/mol. The standard InChI is InChI=1S/C20H26N2O4/c1-4-26-17-8-6-5-7-16(17)22-20(23)11-12-21-14-15-9-10-18(24-2)19(13-15)25-3/h5-10,13,21H,4,11-12,14H2,1-3H3,(H,22,23). The van der Waals surface area contributed by atoms with Crippen molar-refractivity contribution >= 4 is 11.6 Å². The van der Waals surface area contributed by atoms with Crippen molar-refractivity contribution < 1.29 is 19.0 Å². The van der Waals surface area contributed by atoms with Crippen LogP contribution in [-0.2, 0) is 11.3 Å². The molecule has 0 aliphatic heterocycles. The maximum Gasteiger partial charge on any atom is 0.225 e. The third-order valence-electron chi connectivity index (χ3n) is 3.77. The normalized spacial score (nSPS) is 10.3. The number of nitrogens with one attached hydrogen (secondary N) is 2. The Labute approximate surface area is 154 Å². The van der Waals surface area contributed by atoms with Gasteiger partial charge in [0, 0.05) is 19.5 Å². The molecule has 140 valence electrons. The predicted octanol–water partition coefficient (Wildman–Crippen LogP) is 3.22. The van der Waals surface area contributed by atoms with Crippen LogP contribution in [0.1, 0.15) is 18.9 Å². The Morgan fingerprint density at radius 3 is 2.50 bits per heavy atom. The summed E-state index contributed by atoms with van der Waals surface area (Å²) < 4.78 is 16.0. The van der Waals surface area contributed by atoms with E-state index >= 15 is 0 Å². The molecule has 6 nitrogen and oxygen atoms in total. The number of benzene rings is 2. The molecule has 26 heavy (non-hydrogen) atoms. The maximum atomic E-state index is 12.1. The van der Waals surface area contributed by atoms with Crippen molar-refractivity contribution in [3.63, 3.8) is 0 Å². The molecule has 2 rings (SSSR count).